The normalized spacial score (nSPS) is 32.2. The van der Waals surface area contributed by atoms with E-state index < -0.39 is 0 Å². The van der Waals surface area contributed by atoms with Crippen LogP contribution in [0.15, 0.2) is 10.5 Å². The van der Waals surface area contributed by atoms with Crippen LogP contribution in [-0.2, 0) is 0 Å². The van der Waals surface area contributed by atoms with Crippen molar-refractivity contribution in [3.05, 3.63) is 10.5 Å². The molecule has 1 aliphatic rings. The average molecular weight is 172 g/mol. The van der Waals surface area contributed by atoms with Crippen LogP contribution in [0.25, 0.3) is 0 Å². The molecule has 2 atom stereocenters. The maximum absolute atomic E-state index is 5.74. The van der Waals surface area contributed by atoms with E-state index in [0.29, 0.717) is 5.92 Å². The highest BCUT2D eigenvalue weighted by molar-refractivity contribution is 8.03. The second-order valence-corrected chi connectivity index (χ2v) is 4.40. The van der Waals surface area contributed by atoms with Gasteiger partial charge in [-0.05, 0) is 24.7 Å². The minimum absolute atomic E-state index is 0.0936. The summed E-state index contributed by atoms with van der Waals surface area (Å²) in [7, 11) is 0. The van der Waals surface area contributed by atoms with Gasteiger partial charge in [0.25, 0.3) is 0 Å². The van der Waals surface area contributed by atoms with Gasteiger partial charge < -0.3 is 5.73 Å². The van der Waals surface area contributed by atoms with Gasteiger partial charge in [-0.1, -0.05) is 24.3 Å². The smallest absolute Gasteiger partial charge is 0.107 e. The van der Waals surface area contributed by atoms with Crippen molar-refractivity contribution in [1.82, 2.24) is 5.32 Å². The van der Waals surface area contributed by atoms with Gasteiger partial charge >= 0.3 is 0 Å². The Morgan fingerprint density at radius 3 is 2.73 bits per heavy atom. The number of rotatable bonds is 0. The highest BCUT2D eigenvalue weighted by Gasteiger charge is 2.20. The molecule has 2 nitrogen and oxygen atoms in total. The predicted molar refractivity (Wildman–Crippen MR) is 51.1 cm³/mol. The first-order valence-corrected chi connectivity index (χ1v) is 4.82. The summed E-state index contributed by atoms with van der Waals surface area (Å²) in [6.07, 6.45) is 0. The molecule has 0 aromatic heterocycles. The molecule has 1 rings (SSSR count). The van der Waals surface area contributed by atoms with Crippen LogP contribution in [0.1, 0.15) is 20.8 Å². The van der Waals surface area contributed by atoms with E-state index in [1.165, 1.54) is 10.5 Å². The van der Waals surface area contributed by atoms with Crippen molar-refractivity contribution < 1.29 is 0 Å². The summed E-state index contributed by atoms with van der Waals surface area (Å²) in [5.74, 6) is 0.629. The lowest BCUT2D eigenvalue weighted by molar-refractivity contribution is 0.555. The summed E-state index contributed by atoms with van der Waals surface area (Å²) < 4.78 is 0. The topological polar surface area (TPSA) is 38.0 Å². The van der Waals surface area contributed by atoms with Gasteiger partial charge in [0.1, 0.15) is 5.50 Å². The highest BCUT2D eigenvalue weighted by atomic mass is 32.2. The third kappa shape index (κ3) is 2.22. The van der Waals surface area contributed by atoms with Crippen LogP contribution in [0.3, 0.4) is 0 Å². The zero-order valence-corrected chi connectivity index (χ0v) is 8.16. The molecule has 0 amide bonds. The molecular weight excluding hydrogens is 156 g/mol. The van der Waals surface area contributed by atoms with Crippen molar-refractivity contribution in [2.24, 2.45) is 11.7 Å². The first-order valence-electron chi connectivity index (χ1n) is 3.94. The zero-order chi connectivity index (χ0) is 8.43. The molecule has 0 saturated carbocycles. The molecule has 64 valence electrons. The summed E-state index contributed by atoms with van der Waals surface area (Å²) in [6.45, 7) is 7.54. The van der Waals surface area contributed by atoms with Crippen LogP contribution in [0.2, 0.25) is 0 Å². The molecule has 1 heterocycles. The van der Waals surface area contributed by atoms with Gasteiger partial charge in [0.2, 0.25) is 0 Å². The maximum Gasteiger partial charge on any atom is 0.107 e. The summed E-state index contributed by atoms with van der Waals surface area (Å²) in [5.41, 5.74) is 7.24. The van der Waals surface area contributed by atoms with E-state index in [0.717, 1.165) is 6.54 Å². The quantitative estimate of drug-likeness (QED) is 0.581. The largest absolute Gasteiger partial charge is 0.307 e. The molecule has 1 fully saturated rings. The van der Waals surface area contributed by atoms with Crippen LogP contribution in [0.5, 0.6) is 0 Å². The lowest BCUT2D eigenvalue weighted by atomic mass is 10.1. The Hall–Kier alpha value is 0.01000. The number of hydrogen-bond acceptors (Lipinski definition) is 3. The standard InChI is InChI=1S/C8H16N2S/c1-5(2)7-6(3)4-10-8(9)11-7/h6,8,10H,4,9H2,1-3H3/t6-,8?/m1/s1. The van der Waals surface area contributed by atoms with E-state index in [2.05, 4.69) is 26.1 Å². The molecular formula is C8H16N2S. The molecule has 3 heteroatoms. The van der Waals surface area contributed by atoms with E-state index in [1.54, 1.807) is 11.8 Å². The first kappa shape index (κ1) is 9.10. The van der Waals surface area contributed by atoms with Crippen molar-refractivity contribution in [1.29, 1.82) is 0 Å². The van der Waals surface area contributed by atoms with Crippen LogP contribution < -0.4 is 11.1 Å². The molecule has 3 N–H and O–H groups in total. The monoisotopic (exact) mass is 172 g/mol. The van der Waals surface area contributed by atoms with Gasteiger partial charge in [0, 0.05) is 6.54 Å². The van der Waals surface area contributed by atoms with E-state index in [1.807, 2.05) is 0 Å². The van der Waals surface area contributed by atoms with Crippen LogP contribution in [-0.4, -0.2) is 12.0 Å². The molecule has 0 aromatic rings. The summed E-state index contributed by atoms with van der Waals surface area (Å²) in [4.78, 5) is 1.45. The Morgan fingerprint density at radius 1 is 1.64 bits per heavy atom. The lowest BCUT2D eigenvalue weighted by Gasteiger charge is -2.28. The molecule has 0 aromatic carbocycles. The van der Waals surface area contributed by atoms with Gasteiger partial charge in [0.05, 0.1) is 0 Å². The molecule has 0 bridgehead atoms. The van der Waals surface area contributed by atoms with E-state index >= 15 is 0 Å². The summed E-state index contributed by atoms with van der Waals surface area (Å²) >= 11 is 1.75. The Morgan fingerprint density at radius 2 is 2.27 bits per heavy atom. The Bertz CT molecular complexity index is 173. The van der Waals surface area contributed by atoms with Crippen LogP contribution in [0.4, 0.5) is 0 Å². The highest BCUT2D eigenvalue weighted by Crippen LogP contribution is 2.31. The number of nitrogens with one attached hydrogen (secondary N) is 1. The summed E-state index contributed by atoms with van der Waals surface area (Å²) in [5, 5.41) is 3.22. The minimum Gasteiger partial charge on any atom is -0.307 e. The molecule has 11 heavy (non-hydrogen) atoms. The Labute approximate surface area is 72.6 Å². The number of hydrogen-bond donors (Lipinski definition) is 2. The van der Waals surface area contributed by atoms with Gasteiger partial charge in [0.15, 0.2) is 0 Å². The third-order valence-corrected chi connectivity index (χ3v) is 3.30. The van der Waals surface area contributed by atoms with Crippen molar-refractivity contribution in [2.75, 3.05) is 6.54 Å². The first-order chi connectivity index (χ1) is 5.11. The molecule has 1 saturated heterocycles. The maximum atomic E-state index is 5.74. The molecule has 0 aliphatic carbocycles. The zero-order valence-electron chi connectivity index (χ0n) is 7.35. The average Bonchev–Trinajstić information content (AvgIpc) is 1.94. The van der Waals surface area contributed by atoms with E-state index in [4.69, 9.17) is 5.73 Å². The number of nitrogens with two attached hydrogens (primary N) is 1. The van der Waals surface area contributed by atoms with Crippen molar-refractivity contribution in [3.8, 4) is 0 Å². The second kappa shape index (κ2) is 3.61. The Kier molecular flexibility index (Phi) is 2.98. The SMILES string of the molecule is CC(C)=C1SC(N)NC[C@H]1C. The third-order valence-electron chi connectivity index (χ3n) is 1.82. The molecule has 0 spiro atoms. The molecule has 0 radical (unpaired) electrons. The van der Waals surface area contributed by atoms with E-state index in [-0.39, 0.29) is 5.50 Å². The number of allylic oxidation sites excluding steroid dienone is 1. The van der Waals surface area contributed by atoms with Gasteiger partial charge in [-0.2, -0.15) is 0 Å². The molecule has 1 unspecified atom stereocenters. The summed E-state index contributed by atoms with van der Waals surface area (Å²) in [6, 6.07) is 0. The predicted octanol–water partition coefficient (Wildman–Crippen LogP) is 1.50. The number of thioether (sulfide) groups is 1. The minimum atomic E-state index is 0.0936. The fourth-order valence-corrected chi connectivity index (χ4v) is 2.30. The van der Waals surface area contributed by atoms with Crippen molar-refractivity contribution >= 4 is 11.8 Å². The lowest BCUT2D eigenvalue weighted by Crippen LogP contribution is -2.41. The molecule has 1 aliphatic heterocycles. The van der Waals surface area contributed by atoms with Crippen LogP contribution in [0, 0.1) is 5.92 Å². The second-order valence-electron chi connectivity index (χ2n) is 3.21. The van der Waals surface area contributed by atoms with Gasteiger partial charge in [-0.15, -0.1) is 0 Å². The van der Waals surface area contributed by atoms with Crippen LogP contribution >= 0.6 is 11.8 Å². The van der Waals surface area contributed by atoms with Gasteiger partial charge in [-0.25, -0.2) is 0 Å². The van der Waals surface area contributed by atoms with Gasteiger partial charge in [-0.3, -0.25) is 5.32 Å². The van der Waals surface area contributed by atoms with E-state index in [9.17, 15) is 0 Å². The Balaban J connectivity index is 2.70. The fraction of sp³-hybridized carbons (Fsp3) is 0.750. The fourth-order valence-electron chi connectivity index (χ4n) is 1.29. The van der Waals surface area contributed by atoms with Crippen molar-refractivity contribution in [3.63, 3.8) is 0 Å². The van der Waals surface area contributed by atoms with Crippen molar-refractivity contribution in [2.45, 2.75) is 26.3 Å².